The van der Waals surface area contributed by atoms with Crippen LogP contribution in [-0.2, 0) is 16.6 Å². The van der Waals surface area contributed by atoms with Crippen LogP contribution in [0.1, 0.15) is 52.4 Å². The zero-order valence-corrected chi connectivity index (χ0v) is 18.0. The second-order valence-electron chi connectivity index (χ2n) is 7.15. The fraction of sp³-hybridized carbons (Fsp3) is 0.240. The Kier molecular flexibility index (Phi) is 7.57. The zero-order chi connectivity index (χ0) is 21.4. The van der Waals surface area contributed by atoms with Gasteiger partial charge >= 0.3 is 5.97 Å². The maximum Gasteiger partial charge on any atom is 0.335 e. The second kappa shape index (κ2) is 10.3. The number of benzene rings is 3. The van der Waals surface area contributed by atoms with Gasteiger partial charge in [0.05, 0.1) is 12.2 Å². The van der Waals surface area contributed by atoms with Gasteiger partial charge in [-0.05, 0) is 46.5 Å². The summed E-state index contributed by atoms with van der Waals surface area (Å²) in [4.78, 5) is 11.8. The summed E-state index contributed by atoms with van der Waals surface area (Å²) in [6.07, 6.45) is 2.15. The first-order valence-electron chi connectivity index (χ1n) is 10.1. The molecule has 0 amide bonds. The number of aromatic carboxylic acids is 1. The molecule has 2 radical (unpaired) electrons. The summed E-state index contributed by atoms with van der Waals surface area (Å²) >= 11 is 0. The van der Waals surface area contributed by atoms with Gasteiger partial charge in [-0.25, -0.2) is 4.79 Å². The monoisotopic (exact) mass is 418 g/mol. The Balaban J connectivity index is 2.27. The molecule has 3 rings (SSSR count). The number of carbonyl (C=O) groups is 1. The van der Waals surface area contributed by atoms with Gasteiger partial charge in [0.2, 0.25) is 9.76 Å². The smallest absolute Gasteiger partial charge is 0.335 e. The van der Waals surface area contributed by atoms with E-state index < -0.39 is 11.6 Å². The summed E-state index contributed by atoms with van der Waals surface area (Å²) in [5, 5.41) is 19.5. The standard InChI is InChI=1S/C25H26O4Si/c1-2-3-14-30-29-25(21-10-6-4-7-11-21,22-12-8-5-9-13-22)23-16-19(18-26)15-20(17-23)24(27)28/h4-13,15-17,26H,2-3,14,18H2,1H3,(H,27,28). The molecule has 2 N–H and O–H groups in total. The highest BCUT2D eigenvalue weighted by molar-refractivity contribution is 6.27. The Bertz CT molecular complexity index is 918. The molecule has 0 unspecified atom stereocenters. The highest BCUT2D eigenvalue weighted by Crippen LogP contribution is 2.41. The first-order valence-corrected chi connectivity index (χ1v) is 11.2. The lowest BCUT2D eigenvalue weighted by Gasteiger charge is -2.36. The summed E-state index contributed by atoms with van der Waals surface area (Å²) in [6, 6.07) is 25.7. The van der Waals surface area contributed by atoms with Crippen molar-refractivity contribution >= 4 is 15.7 Å². The average molecular weight is 419 g/mol. The van der Waals surface area contributed by atoms with E-state index in [0.717, 1.165) is 30.0 Å². The fourth-order valence-electron chi connectivity index (χ4n) is 3.54. The second-order valence-corrected chi connectivity index (χ2v) is 8.14. The fourth-order valence-corrected chi connectivity index (χ4v) is 4.71. The first kappa shape index (κ1) is 22.0. The predicted molar refractivity (Wildman–Crippen MR) is 119 cm³/mol. The molecule has 0 spiro atoms. The topological polar surface area (TPSA) is 66.8 Å². The van der Waals surface area contributed by atoms with Crippen LogP contribution in [0.4, 0.5) is 0 Å². The van der Waals surface area contributed by atoms with Crippen molar-refractivity contribution in [3.05, 3.63) is 107 Å². The maximum absolute atomic E-state index is 11.8. The number of hydrogen-bond acceptors (Lipinski definition) is 3. The van der Waals surface area contributed by atoms with Crippen LogP contribution in [0.3, 0.4) is 0 Å². The Morgan fingerprint density at radius 2 is 1.53 bits per heavy atom. The molecule has 0 fully saturated rings. The molecule has 0 aromatic heterocycles. The first-order chi connectivity index (χ1) is 14.6. The molecule has 4 nitrogen and oxygen atoms in total. The number of unbranched alkanes of at least 4 members (excludes halogenated alkanes) is 1. The van der Waals surface area contributed by atoms with Gasteiger partial charge in [0.15, 0.2) is 0 Å². The number of aliphatic hydroxyl groups is 1. The van der Waals surface area contributed by atoms with Crippen LogP contribution in [-0.4, -0.2) is 25.9 Å². The SMILES string of the molecule is CCCC[Si]OC(c1ccccc1)(c1ccccc1)c1cc(CO)cc(C(=O)O)c1. The number of carboxylic acids is 1. The van der Waals surface area contributed by atoms with Crippen LogP contribution in [0.25, 0.3) is 0 Å². The third-order valence-corrected chi connectivity index (χ3v) is 6.06. The van der Waals surface area contributed by atoms with E-state index in [4.69, 9.17) is 4.43 Å². The van der Waals surface area contributed by atoms with Gasteiger partial charge in [-0.2, -0.15) is 0 Å². The molecular weight excluding hydrogens is 392 g/mol. The zero-order valence-electron chi connectivity index (χ0n) is 17.0. The van der Waals surface area contributed by atoms with Crippen molar-refractivity contribution in [2.45, 2.75) is 38.0 Å². The third kappa shape index (κ3) is 4.70. The van der Waals surface area contributed by atoms with E-state index >= 15 is 0 Å². The van der Waals surface area contributed by atoms with Gasteiger partial charge in [-0.1, -0.05) is 80.4 Å². The number of hydrogen-bond donors (Lipinski definition) is 2. The molecule has 154 valence electrons. The Morgan fingerprint density at radius 3 is 2.03 bits per heavy atom. The van der Waals surface area contributed by atoms with E-state index in [1.165, 1.54) is 6.07 Å². The van der Waals surface area contributed by atoms with Crippen LogP contribution in [0.15, 0.2) is 78.9 Å². The average Bonchev–Trinajstić information content (AvgIpc) is 2.80. The summed E-state index contributed by atoms with van der Waals surface area (Å²) in [5.41, 5.74) is 2.25. The molecule has 0 aliphatic rings. The molecule has 3 aromatic rings. The minimum atomic E-state index is -1.03. The number of carboxylic acid groups (broad SMARTS) is 1. The van der Waals surface area contributed by atoms with Crippen molar-refractivity contribution in [1.29, 1.82) is 0 Å². The van der Waals surface area contributed by atoms with Gasteiger partial charge in [0.1, 0.15) is 5.60 Å². The van der Waals surface area contributed by atoms with Crippen molar-refractivity contribution in [3.63, 3.8) is 0 Å². The van der Waals surface area contributed by atoms with Crippen LogP contribution in [0.2, 0.25) is 6.04 Å². The predicted octanol–water partition coefficient (Wildman–Crippen LogP) is 5.02. The Hall–Kier alpha value is -2.73. The van der Waals surface area contributed by atoms with Crippen LogP contribution in [0, 0.1) is 0 Å². The van der Waals surface area contributed by atoms with Gasteiger partial charge in [-0.15, -0.1) is 0 Å². The van der Waals surface area contributed by atoms with Crippen molar-refractivity contribution in [3.8, 4) is 0 Å². The molecular formula is C25H26O4Si. The molecule has 0 aliphatic heterocycles. The minimum Gasteiger partial charge on any atom is -0.478 e. The van der Waals surface area contributed by atoms with E-state index in [-0.39, 0.29) is 21.9 Å². The molecule has 30 heavy (non-hydrogen) atoms. The summed E-state index contributed by atoms with van der Waals surface area (Å²) in [6.45, 7) is 1.90. The van der Waals surface area contributed by atoms with Crippen molar-refractivity contribution < 1.29 is 19.4 Å². The van der Waals surface area contributed by atoms with Gasteiger partial charge in [0, 0.05) is 0 Å². The molecule has 0 bridgehead atoms. The highest BCUT2D eigenvalue weighted by atomic mass is 28.2. The van der Waals surface area contributed by atoms with E-state index in [9.17, 15) is 15.0 Å². The van der Waals surface area contributed by atoms with Crippen LogP contribution < -0.4 is 0 Å². The van der Waals surface area contributed by atoms with Crippen molar-refractivity contribution in [2.24, 2.45) is 0 Å². The highest BCUT2D eigenvalue weighted by Gasteiger charge is 2.38. The van der Waals surface area contributed by atoms with Gasteiger partial charge in [-0.3, -0.25) is 0 Å². The lowest BCUT2D eigenvalue weighted by atomic mass is 9.79. The molecule has 5 heteroatoms. The Labute approximate surface area is 180 Å². The van der Waals surface area contributed by atoms with E-state index in [0.29, 0.717) is 11.1 Å². The van der Waals surface area contributed by atoms with Crippen LogP contribution >= 0.6 is 0 Å². The van der Waals surface area contributed by atoms with Gasteiger partial charge < -0.3 is 14.6 Å². The number of aliphatic hydroxyl groups excluding tert-OH is 1. The lowest BCUT2D eigenvalue weighted by Crippen LogP contribution is -2.34. The summed E-state index contributed by atoms with van der Waals surface area (Å²) in [5.74, 6) is -1.03. The van der Waals surface area contributed by atoms with E-state index in [1.807, 2.05) is 66.7 Å². The molecule has 0 saturated heterocycles. The maximum atomic E-state index is 11.8. The third-order valence-electron chi connectivity index (χ3n) is 5.05. The molecule has 0 aliphatic carbocycles. The van der Waals surface area contributed by atoms with E-state index in [1.54, 1.807) is 6.07 Å². The largest absolute Gasteiger partial charge is 0.478 e. The lowest BCUT2D eigenvalue weighted by molar-refractivity contribution is 0.0696. The molecule has 0 atom stereocenters. The quantitative estimate of drug-likeness (QED) is 0.275. The minimum absolute atomic E-state index is 0.133. The van der Waals surface area contributed by atoms with Crippen molar-refractivity contribution in [1.82, 2.24) is 0 Å². The van der Waals surface area contributed by atoms with Crippen molar-refractivity contribution in [2.75, 3.05) is 0 Å². The molecule has 0 saturated carbocycles. The number of rotatable bonds is 10. The van der Waals surface area contributed by atoms with Crippen LogP contribution in [0.5, 0.6) is 0 Å². The summed E-state index contributed by atoms with van der Waals surface area (Å²) in [7, 11) is 0.246. The molecule has 0 heterocycles. The summed E-state index contributed by atoms with van der Waals surface area (Å²) < 4.78 is 6.68. The Morgan fingerprint density at radius 1 is 0.933 bits per heavy atom. The molecule has 3 aromatic carbocycles. The normalized spacial score (nSPS) is 11.4. The van der Waals surface area contributed by atoms with E-state index in [2.05, 4.69) is 6.92 Å². The van der Waals surface area contributed by atoms with Gasteiger partial charge in [0.25, 0.3) is 0 Å².